The van der Waals surface area contributed by atoms with Gasteiger partial charge in [0.2, 0.25) is 5.95 Å². The summed E-state index contributed by atoms with van der Waals surface area (Å²) in [4.78, 5) is 32.1. The van der Waals surface area contributed by atoms with Gasteiger partial charge < -0.3 is 20.3 Å². The number of aromatic nitrogens is 4. The Morgan fingerprint density at radius 3 is 2.97 bits per heavy atom. The van der Waals surface area contributed by atoms with Crippen molar-refractivity contribution in [3.63, 3.8) is 0 Å². The zero-order valence-corrected chi connectivity index (χ0v) is 18.4. The second-order valence-electron chi connectivity index (χ2n) is 8.55. The van der Waals surface area contributed by atoms with Crippen LogP contribution >= 0.6 is 0 Å². The summed E-state index contributed by atoms with van der Waals surface area (Å²) in [5.74, 6) is 1.20. The number of hydrogen-bond donors (Lipinski definition) is 2. The van der Waals surface area contributed by atoms with Crippen LogP contribution < -0.4 is 15.5 Å². The first kappa shape index (κ1) is 21.4. The summed E-state index contributed by atoms with van der Waals surface area (Å²) < 4.78 is 19.0. The van der Waals surface area contributed by atoms with Crippen molar-refractivity contribution in [2.45, 2.75) is 25.9 Å². The number of alkyl halides is 1. The van der Waals surface area contributed by atoms with E-state index in [9.17, 15) is 9.18 Å². The van der Waals surface area contributed by atoms with Gasteiger partial charge in [-0.15, -0.1) is 0 Å². The van der Waals surface area contributed by atoms with Crippen LogP contribution in [0.3, 0.4) is 0 Å². The fourth-order valence-corrected chi connectivity index (χ4v) is 4.10. The van der Waals surface area contributed by atoms with Crippen molar-refractivity contribution in [1.82, 2.24) is 25.3 Å². The molecule has 4 heterocycles. The van der Waals surface area contributed by atoms with Crippen LogP contribution in [-0.4, -0.2) is 64.9 Å². The number of carbonyl (C=O) groups is 1. The monoisotopic (exact) mass is 451 g/mol. The number of aryl methyl sites for hydroxylation is 1. The fraction of sp³-hybridized carbons (Fsp3) is 0.435. The van der Waals surface area contributed by atoms with Gasteiger partial charge in [-0.05, 0) is 37.5 Å². The number of nitrogens with zero attached hydrogens (tertiary/aromatic N) is 5. The molecule has 2 atom stereocenters. The van der Waals surface area contributed by atoms with E-state index >= 15 is 0 Å². The number of amides is 1. The Morgan fingerprint density at radius 1 is 1.27 bits per heavy atom. The maximum atomic E-state index is 13.7. The van der Waals surface area contributed by atoms with E-state index in [1.165, 1.54) is 6.33 Å². The third-order valence-electron chi connectivity index (χ3n) is 6.11. The Morgan fingerprint density at radius 2 is 2.18 bits per heavy atom. The molecule has 2 saturated heterocycles. The van der Waals surface area contributed by atoms with Crippen LogP contribution in [0.4, 0.5) is 21.8 Å². The Bertz CT molecular complexity index is 1170. The molecule has 0 saturated carbocycles. The van der Waals surface area contributed by atoms with Crippen LogP contribution in [0.25, 0.3) is 11.0 Å². The van der Waals surface area contributed by atoms with Gasteiger partial charge in [-0.1, -0.05) is 6.07 Å². The van der Waals surface area contributed by atoms with Gasteiger partial charge in [-0.25, -0.2) is 24.3 Å². The smallest absolute Gasteiger partial charge is 0.251 e. The molecule has 1 amide bonds. The molecule has 2 aliphatic rings. The number of rotatable bonds is 6. The van der Waals surface area contributed by atoms with Crippen LogP contribution in [0.15, 0.2) is 30.7 Å². The number of hydrogen-bond acceptors (Lipinski definition) is 8. The van der Waals surface area contributed by atoms with E-state index in [0.29, 0.717) is 60.4 Å². The number of nitrogens with one attached hydrogen (secondary N) is 2. The van der Waals surface area contributed by atoms with Crippen molar-refractivity contribution in [2.24, 2.45) is 5.92 Å². The van der Waals surface area contributed by atoms with E-state index in [-0.39, 0.29) is 12.5 Å². The van der Waals surface area contributed by atoms with Gasteiger partial charge in [0, 0.05) is 36.9 Å². The lowest BCUT2D eigenvalue weighted by atomic mass is 10.1. The third kappa shape index (κ3) is 4.70. The summed E-state index contributed by atoms with van der Waals surface area (Å²) in [6.07, 6.45) is 3.64. The van der Waals surface area contributed by atoms with Gasteiger partial charge >= 0.3 is 0 Å². The quantitative estimate of drug-likeness (QED) is 0.590. The summed E-state index contributed by atoms with van der Waals surface area (Å²) in [5.41, 5.74) is 3.38. The minimum absolute atomic E-state index is 0.128. The molecular weight excluding hydrogens is 425 g/mol. The number of ether oxygens (including phenoxy) is 1. The van der Waals surface area contributed by atoms with Crippen LogP contribution in [0.1, 0.15) is 28.8 Å². The van der Waals surface area contributed by atoms with E-state index < -0.39 is 6.17 Å². The minimum Gasteiger partial charge on any atom is -0.381 e. The molecule has 1 unspecified atom stereocenters. The molecular formula is C23H26FN7O2. The molecule has 0 spiro atoms. The largest absolute Gasteiger partial charge is 0.381 e. The predicted octanol–water partition coefficient (Wildman–Crippen LogP) is 2.79. The maximum absolute atomic E-state index is 13.7. The third-order valence-corrected chi connectivity index (χ3v) is 6.11. The molecule has 5 rings (SSSR count). The highest BCUT2D eigenvalue weighted by atomic mass is 19.1. The van der Waals surface area contributed by atoms with Crippen LogP contribution in [0, 0.1) is 12.8 Å². The van der Waals surface area contributed by atoms with Crippen molar-refractivity contribution >= 4 is 34.4 Å². The maximum Gasteiger partial charge on any atom is 0.251 e. The average Bonchev–Trinajstić information content (AvgIpc) is 3.50. The summed E-state index contributed by atoms with van der Waals surface area (Å²) in [5, 5.41) is 6.29. The molecule has 0 aliphatic carbocycles. The lowest BCUT2D eigenvalue weighted by Gasteiger charge is -2.16. The van der Waals surface area contributed by atoms with Gasteiger partial charge in [-0.3, -0.25) is 4.79 Å². The topological polar surface area (TPSA) is 105 Å². The standard InChI is InChI=1S/C23H26FN7O2/c1-14-2-3-16(22(32)25-9-15-5-7-33-12-15)8-18(14)29-21-20-19(27-13-28-21)10-26-23(30-20)31-6-4-17(24)11-31/h2-3,8,10,13,15,17H,4-7,9,11-12H2,1H3,(H,25,32)(H,27,28,29)/t15?,17-/m1/s1. The number of anilines is 3. The number of fused-ring (bicyclic) bond motifs is 1. The van der Waals surface area contributed by atoms with Crippen molar-refractivity contribution in [3.05, 3.63) is 41.9 Å². The van der Waals surface area contributed by atoms with E-state index in [1.54, 1.807) is 18.3 Å². The summed E-state index contributed by atoms with van der Waals surface area (Å²) in [7, 11) is 0. The zero-order valence-electron chi connectivity index (χ0n) is 18.4. The Labute approximate surface area is 190 Å². The lowest BCUT2D eigenvalue weighted by molar-refractivity contribution is 0.0945. The van der Waals surface area contributed by atoms with Crippen molar-refractivity contribution in [1.29, 1.82) is 0 Å². The molecule has 10 heteroatoms. The van der Waals surface area contributed by atoms with Gasteiger partial charge in [0.25, 0.3) is 5.91 Å². The number of benzene rings is 1. The predicted molar refractivity (Wildman–Crippen MR) is 123 cm³/mol. The van der Waals surface area contributed by atoms with Crippen LogP contribution in [0.2, 0.25) is 0 Å². The highest BCUT2D eigenvalue weighted by molar-refractivity contribution is 5.96. The van der Waals surface area contributed by atoms with Crippen LogP contribution in [0.5, 0.6) is 0 Å². The van der Waals surface area contributed by atoms with E-state index in [1.807, 2.05) is 17.9 Å². The SMILES string of the molecule is Cc1ccc(C(=O)NCC2CCOC2)cc1Nc1ncnc2cnc(N3CC[C@@H](F)C3)nc12. The second kappa shape index (κ2) is 9.22. The molecule has 2 fully saturated rings. The minimum atomic E-state index is -0.869. The molecule has 33 heavy (non-hydrogen) atoms. The molecule has 2 aliphatic heterocycles. The molecule has 1 aromatic carbocycles. The Hall–Kier alpha value is -3.40. The lowest BCUT2D eigenvalue weighted by Crippen LogP contribution is -2.29. The Kier molecular flexibility index (Phi) is 5.99. The van der Waals surface area contributed by atoms with Crippen molar-refractivity contribution < 1.29 is 13.9 Å². The van der Waals surface area contributed by atoms with E-state index in [2.05, 4.69) is 30.6 Å². The van der Waals surface area contributed by atoms with Gasteiger partial charge in [0.05, 0.1) is 19.3 Å². The summed E-state index contributed by atoms with van der Waals surface area (Å²) in [6.45, 7) is 4.85. The fourth-order valence-electron chi connectivity index (χ4n) is 4.10. The highest BCUT2D eigenvalue weighted by Gasteiger charge is 2.24. The van der Waals surface area contributed by atoms with Crippen molar-refractivity contribution in [2.75, 3.05) is 43.1 Å². The first-order valence-electron chi connectivity index (χ1n) is 11.2. The van der Waals surface area contributed by atoms with Gasteiger partial charge in [-0.2, -0.15) is 0 Å². The van der Waals surface area contributed by atoms with E-state index in [4.69, 9.17) is 4.74 Å². The highest BCUT2D eigenvalue weighted by Crippen LogP contribution is 2.27. The summed E-state index contributed by atoms with van der Waals surface area (Å²) in [6, 6.07) is 5.51. The molecule has 0 bridgehead atoms. The number of halogens is 1. The first-order valence-corrected chi connectivity index (χ1v) is 11.2. The molecule has 2 aromatic heterocycles. The van der Waals surface area contributed by atoms with Crippen molar-refractivity contribution in [3.8, 4) is 0 Å². The molecule has 9 nitrogen and oxygen atoms in total. The Balaban J connectivity index is 1.38. The average molecular weight is 452 g/mol. The molecule has 0 radical (unpaired) electrons. The van der Waals surface area contributed by atoms with Crippen LogP contribution in [-0.2, 0) is 4.74 Å². The van der Waals surface area contributed by atoms with Gasteiger partial charge in [0.15, 0.2) is 5.82 Å². The second-order valence-corrected chi connectivity index (χ2v) is 8.55. The van der Waals surface area contributed by atoms with E-state index in [0.717, 1.165) is 24.3 Å². The molecule has 3 aromatic rings. The summed E-state index contributed by atoms with van der Waals surface area (Å²) >= 11 is 0. The first-order chi connectivity index (χ1) is 16.1. The normalized spacial score (nSPS) is 20.4. The zero-order chi connectivity index (χ0) is 22.8. The number of carbonyl (C=O) groups excluding carboxylic acids is 1. The molecule has 2 N–H and O–H groups in total. The van der Waals surface area contributed by atoms with Gasteiger partial charge in [0.1, 0.15) is 23.5 Å². The molecule has 172 valence electrons.